The highest BCUT2D eigenvalue weighted by molar-refractivity contribution is 5.92. The van der Waals surface area contributed by atoms with Crippen molar-refractivity contribution in [1.29, 1.82) is 0 Å². The Morgan fingerprint density at radius 1 is 1.05 bits per heavy atom. The normalized spacial score (nSPS) is 16.4. The number of hydrogen-bond donors (Lipinski definition) is 1. The molecule has 0 radical (unpaired) electrons. The number of aromatic nitrogens is 3. The van der Waals surface area contributed by atoms with E-state index in [2.05, 4.69) is 20.2 Å². The molecule has 5 heterocycles. The van der Waals surface area contributed by atoms with Crippen LogP contribution < -0.4 is 19.9 Å². The lowest BCUT2D eigenvalue weighted by Gasteiger charge is -2.35. The van der Waals surface area contributed by atoms with Gasteiger partial charge in [-0.15, -0.1) is 0 Å². The maximum absolute atomic E-state index is 13.0. The topological polar surface area (TPSA) is 122 Å². The zero-order chi connectivity index (χ0) is 29.4. The Kier molecular flexibility index (Phi) is 7.21. The molecular weight excluding hydrogens is 538 g/mol. The minimum absolute atomic E-state index is 0.274. The molecule has 0 atom stereocenters. The molecule has 0 bridgehead atoms. The highest BCUT2D eigenvalue weighted by atomic mass is 16.6. The first-order valence-electron chi connectivity index (χ1n) is 14.1. The van der Waals surface area contributed by atoms with Crippen molar-refractivity contribution in [3.05, 3.63) is 59.0 Å². The molecule has 0 unspecified atom stereocenters. The average Bonchev–Trinajstić information content (AvgIpc) is 3.36. The smallest absolute Gasteiger partial charge is 0.415 e. The number of rotatable bonds is 5. The van der Waals surface area contributed by atoms with Crippen molar-refractivity contribution in [2.75, 3.05) is 48.0 Å². The van der Waals surface area contributed by atoms with Crippen LogP contribution in [0.3, 0.4) is 0 Å². The van der Waals surface area contributed by atoms with Crippen molar-refractivity contribution in [1.82, 2.24) is 19.9 Å². The summed E-state index contributed by atoms with van der Waals surface area (Å²) in [5.74, 6) is 0.947. The molecule has 2 amide bonds. The van der Waals surface area contributed by atoms with E-state index >= 15 is 0 Å². The quantitative estimate of drug-likeness (QED) is 0.464. The molecule has 6 rings (SSSR count). The number of anilines is 4. The summed E-state index contributed by atoms with van der Waals surface area (Å²) in [6.45, 7) is 11.2. The number of cyclic esters (lactones) is 1. The first-order chi connectivity index (χ1) is 20.1. The van der Waals surface area contributed by atoms with Gasteiger partial charge in [0.05, 0.1) is 37.2 Å². The van der Waals surface area contributed by atoms with Crippen LogP contribution in [0.5, 0.6) is 5.88 Å². The zero-order valence-electron chi connectivity index (χ0n) is 24.3. The minimum Gasteiger partial charge on any atom is -0.474 e. The molecule has 0 aliphatic carbocycles. The molecular formula is C30H35N7O5. The Hall–Kier alpha value is -4.61. The van der Waals surface area contributed by atoms with Gasteiger partial charge in [0.25, 0.3) is 0 Å². The molecule has 220 valence electrons. The lowest BCUT2D eigenvalue weighted by Crippen LogP contribution is -2.42. The number of hydrogen-bond acceptors (Lipinski definition) is 10. The first kappa shape index (κ1) is 27.6. The number of nitrogens with one attached hydrogen (secondary N) is 1. The number of benzene rings is 1. The van der Waals surface area contributed by atoms with Crippen molar-refractivity contribution in [3.8, 4) is 5.88 Å². The number of nitrogens with zero attached hydrogens (tertiary/aromatic N) is 6. The predicted octanol–water partition coefficient (Wildman–Crippen LogP) is 4.57. The molecule has 42 heavy (non-hydrogen) atoms. The molecule has 12 nitrogen and oxygen atoms in total. The molecule has 1 saturated heterocycles. The second-order valence-corrected chi connectivity index (χ2v) is 11.6. The molecule has 12 heteroatoms. The Balaban J connectivity index is 1.18. The van der Waals surface area contributed by atoms with Gasteiger partial charge in [-0.1, -0.05) is 12.1 Å². The molecule has 3 aliphatic heterocycles. The predicted molar refractivity (Wildman–Crippen MR) is 156 cm³/mol. The summed E-state index contributed by atoms with van der Waals surface area (Å²) in [7, 11) is 0. The van der Waals surface area contributed by atoms with Gasteiger partial charge in [-0.05, 0) is 57.4 Å². The van der Waals surface area contributed by atoms with Gasteiger partial charge in [-0.2, -0.15) is 0 Å². The van der Waals surface area contributed by atoms with Crippen LogP contribution in [0.2, 0.25) is 0 Å². The van der Waals surface area contributed by atoms with E-state index in [0.29, 0.717) is 56.9 Å². The largest absolute Gasteiger partial charge is 0.474 e. The van der Waals surface area contributed by atoms with Gasteiger partial charge < -0.3 is 29.3 Å². The van der Waals surface area contributed by atoms with Crippen LogP contribution in [0.25, 0.3) is 0 Å². The summed E-state index contributed by atoms with van der Waals surface area (Å²) in [4.78, 5) is 44.2. The van der Waals surface area contributed by atoms with Crippen molar-refractivity contribution in [2.45, 2.75) is 52.8 Å². The third kappa shape index (κ3) is 5.74. The fourth-order valence-electron chi connectivity index (χ4n) is 5.33. The maximum atomic E-state index is 13.0. The standard InChI is InChI=1S/C30H35N7O5/c1-19-24(16-31-26-25(19)37(12-14-40-26)29(39)42-30(2,3)4)35-10-9-21-15-32-27(34-23(21)18-35)33-22-7-5-20(6-8-22)17-36-11-13-41-28(36)38/h5-8,15-16H,9-14,17-18H2,1-4H3,(H,32,33,34). The van der Waals surface area contributed by atoms with Gasteiger partial charge in [-0.25, -0.2) is 24.5 Å². The number of carbonyl (C=O) groups excluding carboxylic acids is 2. The number of carbonyl (C=O) groups is 2. The van der Waals surface area contributed by atoms with Crippen LogP contribution in [-0.2, 0) is 29.0 Å². The average molecular weight is 574 g/mol. The van der Waals surface area contributed by atoms with Gasteiger partial charge in [0.1, 0.15) is 24.5 Å². The Bertz CT molecular complexity index is 1510. The van der Waals surface area contributed by atoms with Crippen LogP contribution in [0.1, 0.15) is 43.2 Å². The highest BCUT2D eigenvalue weighted by Gasteiger charge is 2.33. The first-order valence-corrected chi connectivity index (χ1v) is 14.1. The molecule has 3 aliphatic rings. The summed E-state index contributed by atoms with van der Waals surface area (Å²) in [5.41, 5.74) is 5.77. The van der Waals surface area contributed by atoms with E-state index in [1.54, 1.807) is 9.80 Å². The number of amides is 2. The van der Waals surface area contributed by atoms with Crippen LogP contribution >= 0.6 is 0 Å². The third-order valence-corrected chi connectivity index (χ3v) is 7.40. The van der Waals surface area contributed by atoms with Crippen molar-refractivity contribution in [3.63, 3.8) is 0 Å². The molecule has 1 N–H and O–H groups in total. The van der Waals surface area contributed by atoms with E-state index in [0.717, 1.165) is 46.7 Å². The van der Waals surface area contributed by atoms with E-state index in [1.165, 1.54) is 0 Å². The summed E-state index contributed by atoms with van der Waals surface area (Å²) >= 11 is 0. The highest BCUT2D eigenvalue weighted by Crippen LogP contribution is 2.39. The zero-order valence-corrected chi connectivity index (χ0v) is 24.3. The van der Waals surface area contributed by atoms with E-state index in [-0.39, 0.29) is 6.09 Å². The van der Waals surface area contributed by atoms with Crippen molar-refractivity contribution >= 4 is 35.2 Å². The van der Waals surface area contributed by atoms with E-state index in [9.17, 15) is 9.59 Å². The molecule has 1 fully saturated rings. The Morgan fingerprint density at radius 3 is 2.57 bits per heavy atom. The van der Waals surface area contributed by atoms with Crippen LogP contribution in [0, 0.1) is 6.92 Å². The number of ether oxygens (including phenoxy) is 3. The second-order valence-electron chi connectivity index (χ2n) is 11.6. The second kappa shape index (κ2) is 11.0. The molecule has 0 spiro atoms. The van der Waals surface area contributed by atoms with Crippen LogP contribution in [0.15, 0.2) is 36.7 Å². The SMILES string of the molecule is Cc1c(N2CCc3cnc(Nc4ccc(CN5CCOC5=O)cc4)nc3C2)cnc2c1N(C(=O)OC(C)(C)C)CCO2. The van der Waals surface area contributed by atoms with Crippen molar-refractivity contribution in [2.24, 2.45) is 0 Å². The summed E-state index contributed by atoms with van der Waals surface area (Å²) in [6, 6.07) is 7.85. The Morgan fingerprint density at radius 2 is 1.83 bits per heavy atom. The van der Waals surface area contributed by atoms with E-state index < -0.39 is 11.7 Å². The molecule has 0 saturated carbocycles. The Labute approximate surface area is 244 Å². The maximum Gasteiger partial charge on any atom is 0.415 e. The van der Waals surface area contributed by atoms with Gasteiger partial charge in [-0.3, -0.25) is 4.90 Å². The minimum atomic E-state index is -0.609. The van der Waals surface area contributed by atoms with Gasteiger partial charge in [0.15, 0.2) is 0 Å². The van der Waals surface area contributed by atoms with E-state index in [1.807, 2.05) is 64.4 Å². The summed E-state index contributed by atoms with van der Waals surface area (Å²) < 4.78 is 16.5. The summed E-state index contributed by atoms with van der Waals surface area (Å²) in [6.07, 6.45) is 3.79. The van der Waals surface area contributed by atoms with E-state index in [4.69, 9.17) is 19.2 Å². The fraction of sp³-hybridized carbons (Fsp3) is 0.433. The number of pyridine rings is 1. The fourth-order valence-corrected chi connectivity index (χ4v) is 5.33. The van der Waals surface area contributed by atoms with Gasteiger partial charge in [0, 0.05) is 30.5 Å². The van der Waals surface area contributed by atoms with Crippen LogP contribution in [0.4, 0.5) is 32.6 Å². The van der Waals surface area contributed by atoms with Crippen LogP contribution in [-0.4, -0.2) is 70.5 Å². The molecule has 2 aromatic heterocycles. The molecule has 3 aromatic rings. The monoisotopic (exact) mass is 573 g/mol. The lowest BCUT2D eigenvalue weighted by molar-refractivity contribution is 0.0566. The number of fused-ring (bicyclic) bond motifs is 2. The third-order valence-electron chi connectivity index (χ3n) is 7.40. The van der Waals surface area contributed by atoms with Crippen molar-refractivity contribution < 1.29 is 23.8 Å². The summed E-state index contributed by atoms with van der Waals surface area (Å²) in [5, 5.41) is 3.29. The molecule has 1 aromatic carbocycles. The van der Waals surface area contributed by atoms with Gasteiger partial charge in [0.2, 0.25) is 11.8 Å². The lowest BCUT2D eigenvalue weighted by atomic mass is 10.0. The van der Waals surface area contributed by atoms with Gasteiger partial charge >= 0.3 is 12.2 Å².